The van der Waals surface area contributed by atoms with Crippen LogP contribution in [0.5, 0.6) is 11.5 Å². The lowest BCUT2D eigenvalue weighted by molar-refractivity contribution is -0.143. The van der Waals surface area contributed by atoms with Gasteiger partial charge in [-0.1, -0.05) is 36.4 Å². The van der Waals surface area contributed by atoms with Crippen molar-refractivity contribution in [3.8, 4) is 11.5 Å². The van der Waals surface area contributed by atoms with Gasteiger partial charge in [-0.3, -0.25) is 9.69 Å². The fraction of sp³-hybridized carbons (Fsp3) is 0.316. The molecule has 0 amide bonds. The number of hydrogen-bond donors (Lipinski definition) is 0. The van der Waals surface area contributed by atoms with Crippen LogP contribution in [-0.4, -0.2) is 30.3 Å². The molecular formula is C19H19NO4. The number of nitrogens with zero attached hydrogens (tertiary/aromatic N) is 1. The quantitative estimate of drug-likeness (QED) is 0.625. The number of fused-ring (bicyclic) bond motifs is 1. The van der Waals surface area contributed by atoms with Crippen LogP contribution in [0.1, 0.15) is 24.1 Å². The maximum atomic E-state index is 12.3. The summed E-state index contributed by atoms with van der Waals surface area (Å²) in [4.78, 5) is 14.4. The van der Waals surface area contributed by atoms with Gasteiger partial charge in [0.05, 0.1) is 12.6 Å². The van der Waals surface area contributed by atoms with Crippen molar-refractivity contribution in [2.24, 2.45) is 0 Å². The SMILES string of the molecule is CCOC(=O)[C@@H]1[C@@H](c2ccc3c(c2)OCO3)N1Cc1ccccc1. The van der Waals surface area contributed by atoms with Gasteiger partial charge in [0.25, 0.3) is 0 Å². The molecule has 0 aliphatic carbocycles. The number of benzene rings is 2. The van der Waals surface area contributed by atoms with E-state index in [-0.39, 0.29) is 24.8 Å². The first kappa shape index (κ1) is 15.0. The Bertz CT molecular complexity index is 746. The van der Waals surface area contributed by atoms with Crippen LogP contribution in [0, 0.1) is 0 Å². The predicted molar refractivity (Wildman–Crippen MR) is 87.7 cm³/mol. The minimum absolute atomic E-state index is 0.0127. The maximum absolute atomic E-state index is 12.3. The highest BCUT2D eigenvalue weighted by atomic mass is 16.7. The van der Waals surface area contributed by atoms with Gasteiger partial charge >= 0.3 is 5.97 Å². The summed E-state index contributed by atoms with van der Waals surface area (Å²) in [6, 6.07) is 15.8. The first-order valence-corrected chi connectivity index (χ1v) is 8.14. The molecule has 5 heteroatoms. The zero-order chi connectivity index (χ0) is 16.5. The molecule has 4 rings (SSSR count). The summed E-state index contributed by atoms with van der Waals surface area (Å²) in [5, 5.41) is 0. The molecule has 2 aromatic carbocycles. The number of esters is 1. The second kappa shape index (κ2) is 6.17. The second-order valence-corrected chi connectivity index (χ2v) is 5.91. The third kappa shape index (κ3) is 2.71. The summed E-state index contributed by atoms with van der Waals surface area (Å²) < 4.78 is 16.1. The Morgan fingerprint density at radius 3 is 2.75 bits per heavy atom. The smallest absolute Gasteiger partial charge is 0.325 e. The van der Waals surface area contributed by atoms with Gasteiger partial charge in [0.2, 0.25) is 6.79 Å². The van der Waals surface area contributed by atoms with Crippen molar-refractivity contribution in [2.75, 3.05) is 13.4 Å². The molecule has 0 saturated carbocycles. The van der Waals surface area contributed by atoms with Crippen molar-refractivity contribution in [2.45, 2.75) is 25.6 Å². The molecule has 3 atom stereocenters. The molecule has 0 aromatic heterocycles. The molecule has 0 N–H and O–H groups in total. The Hall–Kier alpha value is -2.53. The highest BCUT2D eigenvalue weighted by molar-refractivity contribution is 5.81. The van der Waals surface area contributed by atoms with E-state index in [2.05, 4.69) is 17.0 Å². The van der Waals surface area contributed by atoms with Crippen molar-refractivity contribution in [1.82, 2.24) is 4.90 Å². The maximum Gasteiger partial charge on any atom is 0.325 e. The lowest BCUT2D eigenvalue weighted by Gasteiger charge is -2.05. The first-order valence-electron chi connectivity index (χ1n) is 8.14. The Morgan fingerprint density at radius 2 is 1.96 bits per heavy atom. The molecule has 1 unspecified atom stereocenters. The monoisotopic (exact) mass is 325 g/mol. The average Bonchev–Trinajstić information content (AvgIpc) is 3.11. The molecule has 24 heavy (non-hydrogen) atoms. The van der Waals surface area contributed by atoms with E-state index >= 15 is 0 Å². The lowest BCUT2D eigenvalue weighted by atomic mass is 10.1. The first-order chi connectivity index (χ1) is 11.8. The highest BCUT2D eigenvalue weighted by Gasteiger charge is 2.54. The minimum atomic E-state index is -0.245. The van der Waals surface area contributed by atoms with Crippen LogP contribution in [0.15, 0.2) is 48.5 Å². The second-order valence-electron chi connectivity index (χ2n) is 5.91. The molecule has 0 radical (unpaired) electrons. The van der Waals surface area contributed by atoms with Crippen LogP contribution in [0.3, 0.4) is 0 Å². The van der Waals surface area contributed by atoms with Crippen molar-refractivity contribution >= 4 is 5.97 Å². The van der Waals surface area contributed by atoms with E-state index in [1.807, 2.05) is 43.3 Å². The molecule has 124 valence electrons. The van der Waals surface area contributed by atoms with Crippen LogP contribution in [0.4, 0.5) is 0 Å². The average molecular weight is 325 g/mol. The third-order valence-corrected chi connectivity index (χ3v) is 4.40. The molecule has 2 aliphatic rings. The fourth-order valence-corrected chi connectivity index (χ4v) is 3.23. The fourth-order valence-electron chi connectivity index (χ4n) is 3.23. The predicted octanol–water partition coefficient (Wildman–Crippen LogP) is 2.90. The van der Waals surface area contributed by atoms with E-state index in [1.54, 1.807) is 0 Å². The molecule has 5 nitrogen and oxygen atoms in total. The topological polar surface area (TPSA) is 47.8 Å². The van der Waals surface area contributed by atoms with E-state index in [9.17, 15) is 4.79 Å². The van der Waals surface area contributed by atoms with Crippen molar-refractivity contribution in [1.29, 1.82) is 0 Å². The van der Waals surface area contributed by atoms with Gasteiger partial charge < -0.3 is 14.2 Å². The molecule has 2 heterocycles. The zero-order valence-electron chi connectivity index (χ0n) is 13.5. The molecule has 0 spiro atoms. The van der Waals surface area contributed by atoms with Gasteiger partial charge in [0, 0.05) is 6.54 Å². The van der Waals surface area contributed by atoms with Crippen LogP contribution in [0.2, 0.25) is 0 Å². The van der Waals surface area contributed by atoms with Crippen molar-refractivity contribution in [3.05, 3.63) is 59.7 Å². The number of carbonyl (C=O) groups is 1. The molecule has 2 aliphatic heterocycles. The molecule has 1 saturated heterocycles. The zero-order valence-corrected chi connectivity index (χ0v) is 13.5. The van der Waals surface area contributed by atoms with Crippen molar-refractivity contribution < 1.29 is 19.0 Å². The summed E-state index contributed by atoms with van der Waals surface area (Å²) in [5.41, 5.74) is 2.23. The Kier molecular flexibility index (Phi) is 3.86. The number of hydrogen-bond acceptors (Lipinski definition) is 5. The van der Waals surface area contributed by atoms with Crippen LogP contribution in [-0.2, 0) is 16.1 Å². The Balaban J connectivity index is 1.58. The number of ether oxygens (including phenoxy) is 3. The number of carbonyl (C=O) groups excluding carboxylic acids is 1. The van der Waals surface area contributed by atoms with E-state index in [0.717, 1.165) is 17.1 Å². The standard InChI is InChI=1S/C19H19NO4/c1-2-22-19(21)18-17(20(18)11-13-6-4-3-5-7-13)14-8-9-15-16(10-14)24-12-23-15/h3-10,17-18H,2,11-12H2,1H3/t17-,18+,20?/m1/s1. The summed E-state index contributed by atoms with van der Waals surface area (Å²) in [7, 11) is 0. The largest absolute Gasteiger partial charge is 0.465 e. The van der Waals surface area contributed by atoms with E-state index in [0.29, 0.717) is 13.2 Å². The van der Waals surface area contributed by atoms with Crippen molar-refractivity contribution in [3.63, 3.8) is 0 Å². The highest BCUT2D eigenvalue weighted by Crippen LogP contribution is 2.47. The summed E-state index contributed by atoms with van der Waals surface area (Å²) in [5.74, 6) is 1.32. The van der Waals surface area contributed by atoms with Gasteiger partial charge in [0.1, 0.15) is 6.04 Å². The molecular weight excluding hydrogens is 306 g/mol. The summed E-state index contributed by atoms with van der Waals surface area (Å²) in [6.07, 6.45) is 0. The molecule has 2 aromatic rings. The van der Waals surface area contributed by atoms with Crippen LogP contribution in [0.25, 0.3) is 0 Å². The van der Waals surface area contributed by atoms with Gasteiger partial charge in [-0.25, -0.2) is 0 Å². The molecule has 0 bridgehead atoms. The lowest BCUT2D eigenvalue weighted by Crippen LogP contribution is -2.16. The Labute approximate surface area is 140 Å². The van der Waals surface area contributed by atoms with E-state index < -0.39 is 0 Å². The van der Waals surface area contributed by atoms with E-state index in [4.69, 9.17) is 14.2 Å². The normalized spacial score (nSPS) is 23.8. The third-order valence-electron chi connectivity index (χ3n) is 4.40. The number of rotatable bonds is 5. The van der Waals surface area contributed by atoms with Crippen LogP contribution >= 0.6 is 0 Å². The summed E-state index contributed by atoms with van der Waals surface area (Å²) in [6.45, 7) is 3.18. The van der Waals surface area contributed by atoms with Gasteiger partial charge in [0.15, 0.2) is 11.5 Å². The van der Waals surface area contributed by atoms with Gasteiger partial charge in [-0.2, -0.15) is 0 Å². The molecule has 1 fully saturated rings. The van der Waals surface area contributed by atoms with Gasteiger partial charge in [-0.05, 0) is 30.2 Å². The summed E-state index contributed by atoms with van der Waals surface area (Å²) >= 11 is 0. The van der Waals surface area contributed by atoms with Crippen LogP contribution < -0.4 is 9.47 Å². The van der Waals surface area contributed by atoms with Gasteiger partial charge in [-0.15, -0.1) is 0 Å². The minimum Gasteiger partial charge on any atom is -0.465 e. The Morgan fingerprint density at radius 1 is 1.17 bits per heavy atom. The van der Waals surface area contributed by atoms with E-state index in [1.165, 1.54) is 5.56 Å².